The predicted octanol–water partition coefficient (Wildman–Crippen LogP) is 4.70. The molecule has 1 N–H and O–H groups in total. The minimum atomic E-state index is -5.08. The summed E-state index contributed by atoms with van der Waals surface area (Å²) >= 11 is 1.62. The van der Waals surface area contributed by atoms with Gasteiger partial charge in [0.1, 0.15) is 0 Å². The number of aromatic nitrogens is 2. The van der Waals surface area contributed by atoms with E-state index in [0.29, 0.717) is 0 Å². The Bertz CT molecular complexity index is 1170. The van der Waals surface area contributed by atoms with Crippen LogP contribution in [0, 0.1) is 6.92 Å². The number of carbonyl (C=O) groups excluding carboxylic acids is 1. The van der Waals surface area contributed by atoms with E-state index in [4.69, 9.17) is 9.90 Å². The quantitative estimate of drug-likeness (QED) is 0.561. The van der Waals surface area contributed by atoms with Gasteiger partial charge in [-0.1, -0.05) is 18.2 Å². The molecule has 1 aromatic carbocycles. The van der Waals surface area contributed by atoms with E-state index in [2.05, 4.69) is 27.2 Å². The van der Waals surface area contributed by atoms with Gasteiger partial charge in [0.05, 0.1) is 22.5 Å². The van der Waals surface area contributed by atoms with E-state index in [0.717, 1.165) is 54.4 Å². The molecule has 11 heteroatoms. The van der Waals surface area contributed by atoms with Gasteiger partial charge in [-0.25, -0.2) is 4.79 Å². The molecule has 4 heterocycles. The van der Waals surface area contributed by atoms with Crippen LogP contribution in [0.4, 0.5) is 30.4 Å². The van der Waals surface area contributed by atoms with Crippen molar-refractivity contribution in [3.8, 4) is 0 Å². The second-order valence-corrected chi connectivity index (χ2v) is 8.82. The number of carbonyl (C=O) groups is 2. The van der Waals surface area contributed by atoms with Crippen molar-refractivity contribution in [2.75, 3.05) is 22.9 Å². The number of rotatable bonds is 2. The van der Waals surface area contributed by atoms with Crippen LogP contribution in [0.2, 0.25) is 0 Å². The Morgan fingerprint density at radius 2 is 1.76 bits per heavy atom. The Balaban J connectivity index is 0.000000344. The molecule has 2 aromatic heterocycles. The number of aryl methyl sites for hydroxylation is 1. The first-order valence-corrected chi connectivity index (χ1v) is 11.4. The number of carboxylic acid groups (broad SMARTS) is 1. The number of aliphatic carboxylic acids is 1. The molecule has 0 saturated carbocycles. The van der Waals surface area contributed by atoms with Crippen LogP contribution >= 0.6 is 11.3 Å². The van der Waals surface area contributed by atoms with Crippen LogP contribution in [0.25, 0.3) is 0 Å². The Morgan fingerprint density at radius 1 is 1.09 bits per heavy atom. The number of alkyl halides is 3. The van der Waals surface area contributed by atoms with Gasteiger partial charge in [0.2, 0.25) is 5.91 Å². The van der Waals surface area contributed by atoms with E-state index in [1.165, 1.54) is 0 Å². The summed E-state index contributed by atoms with van der Waals surface area (Å²) in [6.45, 7) is 3.54. The molecular weight excluding hydrogens is 469 g/mol. The molecule has 1 fully saturated rings. The van der Waals surface area contributed by atoms with Crippen LogP contribution in [0.3, 0.4) is 0 Å². The zero-order valence-corrected chi connectivity index (χ0v) is 18.9. The van der Waals surface area contributed by atoms with Gasteiger partial charge in [0, 0.05) is 18.5 Å². The van der Waals surface area contributed by atoms with Gasteiger partial charge in [-0.15, -0.1) is 5.10 Å². The first kappa shape index (κ1) is 23.7. The Labute approximate surface area is 197 Å². The van der Waals surface area contributed by atoms with Crippen molar-refractivity contribution in [2.45, 2.75) is 31.4 Å². The van der Waals surface area contributed by atoms with E-state index < -0.39 is 17.6 Å². The highest BCUT2D eigenvalue weighted by molar-refractivity contribution is 7.08. The molecule has 1 amide bonds. The molecule has 0 atom stereocenters. The molecule has 34 heavy (non-hydrogen) atoms. The Hall–Kier alpha value is -3.47. The number of piperidine rings is 1. The molecule has 3 aromatic rings. The maximum atomic E-state index is 13.6. The van der Waals surface area contributed by atoms with Crippen molar-refractivity contribution in [3.05, 3.63) is 64.5 Å². The summed E-state index contributed by atoms with van der Waals surface area (Å²) in [5.41, 5.74) is 3.65. The average molecular weight is 491 g/mol. The SMILES string of the molecule is Cc1ccc(N2CCC3(CC2)C(=O)N(c2ccsc2)c2ccccc23)nn1.O=C(O)C(F)(F)F. The third-order valence-electron chi connectivity index (χ3n) is 6.00. The number of halogens is 3. The maximum Gasteiger partial charge on any atom is 0.490 e. The van der Waals surface area contributed by atoms with E-state index in [1.807, 2.05) is 52.9 Å². The second kappa shape index (κ2) is 9.05. The predicted molar refractivity (Wildman–Crippen MR) is 121 cm³/mol. The zero-order chi connectivity index (χ0) is 24.5. The number of hydrogen-bond acceptors (Lipinski definition) is 6. The summed E-state index contributed by atoms with van der Waals surface area (Å²) in [5.74, 6) is -1.66. The molecule has 2 aliphatic heterocycles. The number of anilines is 3. The summed E-state index contributed by atoms with van der Waals surface area (Å²) in [5, 5.41) is 19.7. The third kappa shape index (κ3) is 4.35. The smallest absolute Gasteiger partial charge is 0.475 e. The zero-order valence-electron chi connectivity index (χ0n) is 18.1. The lowest BCUT2D eigenvalue weighted by atomic mass is 9.73. The number of para-hydroxylation sites is 1. The minimum Gasteiger partial charge on any atom is -0.475 e. The number of benzene rings is 1. The number of hydrogen-bond donors (Lipinski definition) is 1. The third-order valence-corrected chi connectivity index (χ3v) is 6.68. The second-order valence-electron chi connectivity index (χ2n) is 8.04. The summed E-state index contributed by atoms with van der Waals surface area (Å²) in [6, 6.07) is 14.3. The highest BCUT2D eigenvalue weighted by Gasteiger charge is 2.52. The van der Waals surface area contributed by atoms with Crippen LogP contribution < -0.4 is 9.80 Å². The van der Waals surface area contributed by atoms with Gasteiger partial charge in [0.25, 0.3) is 0 Å². The molecule has 178 valence electrons. The largest absolute Gasteiger partial charge is 0.490 e. The van der Waals surface area contributed by atoms with Crippen LogP contribution in [0.1, 0.15) is 24.1 Å². The molecule has 2 aliphatic rings. The lowest BCUT2D eigenvalue weighted by molar-refractivity contribution is -0.192. The highest BCUT2D eigenvalue weighted by atomic mass is 32.1. The molecule has 0 unspecified atom stereocenters. The number of amides is 1. The fourth-order valence-corrected chi connectivity index (χ4v) is 4.93. The molecule has 0 bridgehead atoms. The molecule has 7 nitrogen and oxygen atoms in total. The number of fused-ring (bicyclic) bond motifs is 2. The first-order chi connectivity index (χ1) is 16.1. The molecule has 0 aliphatic carbocycles. The Morgan fingerprint density at radius 3 is 2.32 bits per heavy atom. The standard InChI is InChI=1S/C21H20N4OS.C2HF3O2/c1-15-6-7-19(23-22-15)24-11-9-21(10-12-24)17-4-2-3-5-18(17)25(20(21)26)16-8-13-27-14-16;3-2(4,5)1(6)7/h2-8,13-14H,9-12H2,1H3;(H,6,7). The average Bonchev–Trinajstić information content (AvgIpc) is 3.41. The topological polar surface area (TPSA) is 86.6 Å². The number of thiophene rings is 1. The molecule has 1 spiro atoms. The lowest BCUT2D eigenvalue weighted by Crippen LogP contribution is -2.48. The van der Waals surface area contributed by atoms with Crippen molar-refractivity contribution < 1.29 is 27.9 Å². The monoisotopic (exact) mass is 490 g/mol. The number of nitrogens with zero attached hydrogens (tertiary/aromatic N) is 4. The van der Waals surface area contributed by atoms with Gasteiger partial charge < -0.3 is 10.0 Å². The van der Waals surface area contributed by atoms with Gasteiger partial charge in [-0.05, 0) is 55.0 Å². The normalized spacial score (nSPS) is 16.8. The number of carboxylic acids is 1. The fraction of sp³-hybridized carbons (Fsp3) is 0.304. The van der Waals surface area contributed by atoms with Crippen molar-refractivity contribution in [1.82, 2.24) is 10.2 Å². The van der Waals surface area contributed by atoms with E-state index in [-0.39, 0.29) is 5.91 Å². The van der Waals surface area contributed by atoms with Crippen molar-refractivity contribution in [2.24, 2.45) is 0 Å². The van der Waals surface area contributed by atoms with Gasteiger partial charge in [-0.2, -0.15) is 29.6 Å². The summed E-state index contributed by atoms with van der Waals surface area (Å²) < 4.78 is 31.7. The van der Waals surface area contributed by atoms with Crippen molar-refractivity contribution >= 4 is 40.4 Å². The van der Waals surface area contributed by atoms with Gasteiger partial charge in [-0.3, -0.25) is 9.69 Å². The lowest BCUT2D eigenvalue weighted by Gasteiger charge is -2.38. The summed E-state index contributed by atoms with van der Waals surface area (Å²) in [7, 11) is 0. The summed E-state index contributed by atoms with van der Waals surface area (Å²) in [6.07, 6.45) is -3.50. The fourth-order valence-electron chi connectivity index (χ4n) is 4.31. The summed E-state index contributed by atoms with van der Waals surface area (Å²) in [4.78, 5) is 26.7. The van der Waals surface area contributed by atoms with Crippen LogP contribution in [0.15, 0.2) is 53.2 Å². The van der Waals surface area contributed by atoms with Crippen LogP contribution in [-0.4, -0.2) is 46.4 Å². The molecular formula is C23H21F3N4O3S. The van der Waals surface area contributed by atoms with Crippen molar-refractivity contribution in [3.63, 3.8) is 0 Å². The van der Waals surface area contributed by atoms with E-state index >= 15 is 0 Å². The van der Waals surface area contributed by atoms with E-state index in [1.54, 1.807) is 11.3 Å². The highest BCUT2D eigenvalue weighted by Crippen LogP contribution is 2.50. The van der Waals surface area contributed by atoms with Crippen LogP contribution in [-0.2, 0) is 15.0 Å². The Kier molecular flexibility index (Phi) is 6.30. The van der Waals surface area contributed by atoms with Gasteiger partial charge in [0.15, 0.2) is 5.82 Å². The maximum absolute atomic E-state index is 13.6. The minimum absolute atomic E-state index is 0.205. The molecule has 5 rings (SSSR count). The van der Waals surface area contributed by atoms with Gasteiger partial charge >= 0.3 is 12.1 Å². The van der Waals surface area contributed by atoms with E-state index in [9.17, 15) is 18.0 Å². The first-order valence-electron chi connectivity index (χ1n) is 10.5. The van der Waals surface area contributed by atoms with Crippen molar-refractivity contribution in [1.29, 1.82) is 0 Å². The van der Waals surface area contributed by atoms with Crippen LogP contribution in [0.5, 0.6) is 0 Å². The molecule has 1 saturated heterocycles. The molecule has 0 radical (unpaired) electrons.